The molecule has 0 radical (unpaired) electrons. The Bertz CT molecular complexity index is 408. The topological polar surface area (TPSA) is 39.2 Å². The second-order valence-electron chi connectivity index (χ2n) is 2.62. The van der Waals surface area contributed by atoms with Gasteiger partial charge in [0, 0.05) is 17.0 Å². The van der Waals surface area contributed by atoms with Crippen LogP contribution in [0.15, 0.2) is 6.07 Å². The van der Waals surface area contributed by atoms with E-state index in [-0.39, 0.29) is 17.2 Å². The van der Waals surface area contributed by atoms with Crippen LogP contribution >= 0.6 is 15.9 Å². The molecule has 0 aromatic carbocycles. The van der Waals surface area contributed by atoms with E-state index in [0.29, 0.717) is 0 Å². The summed E-state index contributed by atoms with van der Waals surface area (Å²) in [5.74, 6) is -1.84. The molecule has 0 aliphatic rings. The maximum absolute atomic E-state index is 13.2. The highest BCUT2D eigenvalue weighted by Crippen LogP contribution is 2.24. The third-order valence-corrected chi connectivity index (χ3v) is 2.12. The van der Waals surface area contributed by atoms with Crippen molar-refractivity contribution in [3.63, 3.8) is 0 Å². The highest BCUT2D eigenvalue weighted by molar-refractivity contribution is 9.08. The number of halogens is 5. The van der Waals surface area contributed by atoms with Crippen molar-refractivity contribution in [1.82, 2.24) is 4.98 Å². The molecular formula is C8H4BrF4NO2. The number of hydrogen-bond acceptors (Lipinski definition) is 3. The van der Waals surface area contributed by atoms with Gasteiger partial charge in [0.25, 0.3) is 0 Å². The van der Waals surface area contributed by atoms with Crippen LogP contribution in [0.2, 0.25) is 0 Å². The lowest BCUT2D eigenvalue weighted by atomic mass is 10.2. The molecule has 0 fully saturated rings. The molecule has 0 unspecified atom stereocenters. The average Bonchev–Trinajstić information content (AvgIpc) is 2.18. The van der Waals surface area contributed by atoms with Crippen LogP contribution in [0.5, 0.6) is 5.88 Å². The largest absolute Gasteiger partial charge is 0.574 e. The molecule has 1 rings (SSSR count). The Morgan fingerprint density at radius 2 is 2.12 bits per heavy atom. The van der Waals surface area contributed by atoms with Crippen molar-refractivity contribution >= 4 is 22.2 Å². The summed E-state index contributed by atoms with van der Waals surface area (Å²) in [7, 11) is 0. The van der Waals surface area contributed by atoms with Crippen LogP contribution in [0, 0.1) is 5.82 Å². The van der Waals surface area contributed by atoms with Crippen LogP contribution in [0.3, 0.4) is 0 Å². The Hall–Kier alpha value is -1.18. The number of carbonyl (C=O) groups excluding carboxylic acids is 1. The molecule has 0 amide bonds. The highest BCUT2D eigenvalue weighted by atomic mass is 79.9. The Kier molecular flexibility index (Phi) is 3.84. The zero-order valence-electron chi connectivity index (χ0n) is 7.52. The van der Waals surface area contributed by atoms with E-state index in [1.54, 1.807) is 0 Å². The Morgan fingerprint density at radius 3 is 2.56 bits per heavy atom. The molecule has 16 heavy (non-hydrogen) atoms. The van der Waals surface area contributed by atoms with E-state index in [2.05, 4.69) is 25.7 Å². The molecule has 0 aliphatic carbocycles. The molecule has 1 heterocycles. The number of aromatic nitrogens is 1. The van der Waals surface area contributed by atoms with Gasteiger partial charge in [-0.2, -0.15) is 0 Å². The second-order valence-corrected chi connectivity index (χ2v) is 3.18. The Balaban J connectivity index is 3.17. The van der Waals surface area contributed by atoms with Gasteiger partial charge in [0.15, 0.2) is 12.1 Å². The van der Waals surface area contributed by atoms with E-state index in [4.69, 9.17) is 0 Å². The van der Waals surface area contributed by atoms with E-state index in [0.717, 1.165) is 6.07 Å². The molecule has 8 heteroatoms. The lowest BCUT2D eigenvalue weighted by Gasteiger charge is -2.09. The van der Waals surface area contributed by atoms with E-state index >= 15 is 0 Å². The first kappa shape index (κ1) is 12.9. The van der Waals surface area contributed by atoms with Crippen molar-refractivity contribution in [2.45, 2.75) is 11.7 Å². The first-order valence-corrected chi connectivity index (χ1v) is 4.96. The van der Waals surface area contributed by atoms with Crippen LogP contribution < -0.4 is 4.74 Å². The number of rotatable bonds is 3. The molecule has 0 aliphatic heterocycles. The molecule has 88 valence electrons. The zero-order valence-corrected chi connectivity index (χ0v) is 9.10. The fourth-order valence-corrected chi connectivity index (χ4v) is 1.33. The van der Waals surface area contributed by atoms with Crippen molar-refractivity contribution in [3.8, 4) is 5.88 Å². The summed E-state index contributed by atoms with van der Waals surface area (Å²) in [6, 6.07) is 0.768. The molecule has 1 aromatic heterocycles. The SMILES string of the molecule is O=Cc1nc(OC(F)(F)F)cc(CBr)c1F. The molecule has 3 nitrogen and oxygen atoms in total. The minimum absolute atomic E-state index is 0.0186. The van der Waals surface area contributed by atoms with Crippen molar-refractivity contribution in [3.05, 3.63) is 23.1 Å². The van der Waals surface area contributed by atoms with Gasteiger partial charge in [-0.05, 0) is 0 Å². The smallest absolute Gasteiger partial charge is 0.388 e. The quantitative estimate of drug-likeness (QED) is 0.489. The molecule has 0 saturated heterocycles. The number of alkyl halides is 4. The minimum atomic E-state index is -4.94. The van der Waals surface area contributed by atoms with Gasteiger partial charge in [-0.15, -0.1) is 13.2 Å². The number of carbonyl (C=O) groups is 1. The van der Waals surface area contributed by atoms with Crippen LogP contribution in [0.25, 0.3) is 0 Å². The van der Waals surface area contributed by atoms with E-state index in [1.165, 1.54) is 0 Å². The predicted octanol–water partition coefficient (Wildman–Crippen LogP) is 2.83. The minimum Gasteiger partial charge on any atom is -0.388 e. The van der Waals surface area contributed by atoms with Gasteiger partial charge in [0.05, 0.1) is 0 Å². The third-order valence-electron chi connectivity index (χ3n) is 1.51. The molecular weight excluding hydrogens is 298 g/mol. The maximum atomic E-state index is 13.2. The van der Waals surface area contributed by atoms with Gasteiger partial charge < -0.3 is 4.74 Å². The fourth-order valence-electron chi connectivity index (χ4n) is 0.923. The van der Waals surface area contributed by atoms with Crippen molar-refractivity contribution < 1.29 is 27.1 Å². The summed E-state index contributed by atoms with van der Waals surface area (Å²) >= 11 is 2.86. The lowest BCUT2D eigenvalue weighted by Crippen LogP contribution is -2.18. The number of ether oxygens (including phenoxy) is 1. The number of pyridine rings is 1. The average molecular weight is 302 g/mol. The summed E-state index contributed by atoms with van der Waals surface area (Å²) < 4.78 is 52.3. The van der Waals surface area contributed by atoms with Crippen LogP contribution in [0.4, 0.5) is 17.6 Å². The standard InChI is InChI=1S/C8H4BrF4NO2/c9-2-4-1-6(16-8(11,12)13)14-5(3-15)7(4)10/h1,3H,2H2. The van der Waals surface area contributed by atoms with Crippen LogP contribution in [-0.2, 0) is 5.33 Å². The Labute approximate surface area is 95.6 Å². The summed E-state index contributed by atoms with van der Waals surface area (Å²) in [5.41, 5.74) is -0.868. The normalized spacial score (nSPS) is 11.3. The predicted molar refractivity (Wildman–Crippen MR) is 48.9 cm³/mol. The molecule has 1 aromatic rings. The van der Waals surface area contributed by atoms with Crippen molar-refractivity contribution in [2.75, 3.05) is 0 Å². The van der Waals surface area contributed by atoms with E-state index < -0.39 is 23.8 Å². The Morgan fingerprint density at radius 1 is 1.50 bits per heavy atom. The molecule has 0 spiro atoms. The zero-order chi connectivity index (χ0) is 12.3. The monoisotopic (exact) mass is 301 g/mol. The molecule has 0 N–H and O–H groups in total. The third kappa shape index (κ3) is 3.16. The molecule has 0 bridgehead atoms. The first-order valence-electron chi connectivity index (χ1n) is 3.83. The highest BCUT2D eigenvalue weighted by Gasteiger charge is 2.32. The summed E-state index contributed by atoms with van der Waals surface area (Å²) in [6.45, 7) is 0. The van der Waals surface area contributed by atoms with Gasteiger partial charge in [-0.25, -0.2) is 9.37 Å². The first-order chi connectivity index (χ1) is 7.37. The van der Waals surface area contributed by atoms with E-state index in [9.17, 15) is 22.4 Å². The lowest BCUT2D eigenvalue weighted by molar-refractivity contribution is -0.276. The van der Waals surface area contributed by atoms with Crippen molar-refractivity contribution in [1.29, 1.82) is 0 Å². The van der Waals surface area contributed by atoms with Gasteiger partial charge in [-0.3, -0.25) is 4.79 Å². The fraction of sp³-hybridized carbons (Fsp3) is 0.250. The van der Waals surface area contributed by atoms with Gasteiger partial charge >= 0.3 is 6.36 Å². The van der Waals surface area contributed by atoms with Gasteiger partial charge in [0.2, 0.25) is 5.88 Å². The number of aldehydes is 1. The molecule has 0 atom stereocenters. The number of nitrogens with zero attached hydrogens (tertiary/aromatic N) is 1. The summed E-state index contributed by atoms with van der Waals surface area (Å²) in [5, 5.41) is -0.0591. The maximum Gasteiger partial charge on any atom is 0.574 e. The van der Waals surface area contributed by atoms with Gasteiger partial charge in [-0.1, -0.05) is 15.9 Å². The number of hydrogen-bond donors (Lipinski definition) is 0. The van der Waals surface area contributed by atoms with Gasteiger partial charge in [0.1, 0.15) is 5.69 Å². The molecule has 0 saturated carbocycles. The second kappa shape index (κ2) is 4.77. The van der Waals surface area contributed by atoms with E-state index in [1.807, 2.05) is 0 Å². The summed E-state index contributed by atoms with van der Waals surface area (Å²) in [6.07, 6.45) is -4.92. The van der Waals surface area contributed by atoms with Crippen LogP contribution in [0.1, 0.15) is 16.1 Å². The van der Waals surface area contributed by atoms with Crippen LogP contribution in [-0.4, -0.2) is 17.6 Å². The van der Waals surface area contributed by atoms with Crippen molar-refractivity contribution in [2.24, 2.45) is 0 Å². The summed E-state index contributed by atoms with van der Waals surface area (Å²) in [4.78, 5) is 13.4.